The molecule has 0 amide bonds. The van der Waals surface area contributed by atoms with E-state index in [0.29, 0.717) is 39.5 Å². The normalized spacial score (nSPS) is 21.8. The van der Waals surface area contributed by atoms with E-state index in [2.05, 4.69) is 9.62 Å². The van der Waals surface area contributed by atoms with Crippen LogP contribution in [0.25, 0.3) is 0 Å². The van der Waals surface area contributed by atoms with Gasteiger partial charge in [-0.05, 0) is 12.1 Å². The number of morpholine rings is 2. The van der Waals surface area contributed by atoms with Crippen LogP contribution in [0.3, 0.4) is 0 Å². The number of nitrogens with zero attached hydrogens (tertiary/aromatic N) is 1. The fourth-order valence-electron chi connectivity index (χ4n) is 2.94. The number of ether oxygens (including phenoxy) is 2. The summed E-state index contributed by atoms with van der Waals surface area (Å²) in [5, 5.41) is 0. The predicted molar refractivity (Wildman–Crippen MR) is 77.5 cm³/mol. The molecule has 0 aromatic heterocycles. The molecule has 1 N–H and O–H groups in total. The van der Waals surface area contributed by atoms with Crippen molar-refractivity contribution in [1.82, 2.24) is 9.62 Å². The number of rotatable bonds is 4. The van der Waals surface area contributed by atoms with Crippen molar-refractivity contribution >= 4 is 10.0 Å². The lowest BCUT2D eigenvalue weighted by Crippen LogP contribution is -2.67. The molecule has 1 aromatic carbocycles. The van der Waals surface area contributed by atoms with E-state index in [4.69, 9.17) is 9.47 Å². The Bertz CT molecular complexity index is 651. The van der Waals surface area contributed by atoms with Crippen LogP contribution in [0.1, 0.15) is 0 Å². The van der Waals surface area contributed by atoms with Crippen molar-refractivity contribution in [1.29, 1.82) is 0 Å². The minimum atomic E-state index is -4.31. The lowest BCUT2D eigenvalue weighted by atomic mass is 9.97. The molecular formula is C14H18F2N2O4S. The van der Waals surface area contributed by atoms with Crippen molar-refractivity contribution in [3.05, 3.63) is 29.8 Å². The van der Waals surface area contributed by atoms with Gasteiger partial charge in [-0.15, -0.1) is 0 Å². The summed E-state index contributed by atoms with van der Waals surface area (Å²) in [4.78, 5) is 1.14. The van der Waals surface area contributed by atoms with Crippen LogP contribution >= 0.6 is 0 Å². The molecular weight excluding hydrogens is 330 g/mol. The SMILES string of the molecule is O=S(=O)(NCC12COCCN1CCOC2)c1c(F)cccc1F. The second-order valence-electron chi connectivity index (χ2n) is 5.69. The zero-order valence-electron chi connectivity index (χ0n) is 12.4. The summed E-state index contributed by atoms with van der Waals surface area (Å²) in [6.07, 6.45) is 0. The third-order valence-corrected chi connectivity index (χ3v) is 5.65. The molecule has 3 rings (SSSR count). The highest BCUT2D eigenvalue weighted by molar-refractivity contribution is 7.89. The molecule has 0 spiro atoms. The minimum Gasteiger partial charge on any atom is -0.378 e. The Kier molecular flexibility index (Phi) is 4.65. The smallest absolute Gasteiger partial charge is 0.246 e. The predicted octanol–water partition coefficient (Wildman–Crippen LogP) is 0.344. The third-order valence-electron chi connectivity index (χ3n) is 4.20. The van der Waals surface area contributed by atoms with Gasteiger partial charge < -0.3 is 9.47 Å². The van der Waals surface area contributed by atoms with Gasteiger partial charge in [0.1, 0.15) is 11.6 Å². The Morgan fingerprint density at radius 2 is 1.70 bits per heavy atom. The molecule has 9 heteroatoms. The van der Waals surface area contributed by atoms with Gasteiger partial charge in [-0.2, -0.15) is 0 Å². The van der Waals surface area contributed by atoms with Crippen LogP contribution in [0.5, 0.6) is 0 Å². The maximum absolute atomic E-state index is 13.7. The van der Waals surface area contributed by atoms with Gasteiger partial charge in [0.15, 0.2) is 4.90 Å². The molecule has 0 atom stereocenters. The van der Waals surface area contributed by atoms with Gasteiger partial charge in [-0.25, -0.2) is 21.9 Å². The second kappa shape index (κ2) is 6.40. The quantitative estimate of drug-likeness (QED) is 0.850. The molecule has 2 aliphatic rings. The summed E-state index contributed by atoms with van der Waals surface area (Å²) in [6, 6.07) is 2.94. The van der Waals surface area contributed by atoms with Crippen LogP contribution in [0, 0.1) is 11.6 Å². The standard InChI is InChI=1S/C14H18F2N2O4S/c15-11-2-1-3-12(16)13(11)23(19,20)17-8-14-9-21-6-4-18(14)5-7-22-10-14/h1-3,17H,4-10H2. The number of sulfonamides is 1. The van der Waals surface area contributed by atoms with Crippen molar-refractivity contribution in [3.8, 4) is 0 Å². The van der Waals surface area contributed by atoms with Crippen LogP contribution in [0.4, 0.5) is 8.78 Å². The average molecular weight is 348 g/mol. The monoisotopic (exact) mass is 348 g/mol. The first-order valence-corrected chi connectivity index (χ1v) is 8.77. The van der Waals surface area contributed by atoms with Crippen LogP contribution < -0.4 is 4.72 Å². The van der Waals surface area contributed by atoms with E-state index in [9.17, 15) is 17.2 Å². The van der Waals surface area contributed by atoms with Gasteiger partial charge in [-0.3, -0.25) is 4.90 Å². The molecule has 2 fully saturated rings. The van der Waals surface area contributed by atoms with E-state index in [1.807, 2.05) is 0 Å². The summed E-state index contributed by atoms with van der Waals surface area (Å²) in [5.41, 5.74) is -0.648. The van der Waals surface area contributed by atoms with Crippen LogP contribution in [0.2, 0.25) is 0 Å². The zero-order chi connectivity index (χ0) is 16.5. The topological polar surface area (TPSA) is 67.9 Å². The van der Waals surface area contributed by atoms with E-state index in [0.717, 1.165) is 18.2 Å². The molecule has 0 unspecified atom stereocenters. The Morgan fingerprint density at radius 3 is 2.26 bits per heavy atom. The summed E-state index contributed by atoms with van der Waals surface area (Å²) in [6.45, 7) is 3.03. The van der Waals surface area contributed by atoms with Gasteiger partial charge in [0.25, 0.3) is 0 Å². The fraction of sp³-hybridized carbons (Fsp3) is 0.571. The molecule has 0 bridgehead atoms. The number of benzene rings is 1. The van der Waals surface area contributed by atoms with Crippen LogP contribution in [0.15, 0.2) is 23.1 Å². The summed E-state index contributed by atoms with van der Waals surface area (Å²) >= 11 is 0. The number of hydrogen-bond donors (Lipinski definition) is 1. The average Bonchev–Trinajstić information content (AvgIpc) is 2.53. The number of nitrogens with one attached hydrogen (secondary N) is 1. The van der Waals surface area contributed by atoms with Crippen molar-refractivity contribution in [2.75, 3.05) is 46.1 Å². The first-order chi connectivity index (χ1) is 10.9. The summed E-state index contributed by atoms with van der Waals surface area (Å²) < 4.78 is 65.3. The lowest BCUT2D eigenvalue weighted by molar-refractivity contribution is -0.138. The van der Waals surface area contributed by atoms with E-state index in [1.165, 1.54) is 0 Å². The van der Waals surface area contributed by atoms with Gasteiger partial charge in [0.2, 0.25) is 10.0 Å². The Morgan fingerprint density at radius 1 is 1.13 bits per heavy atom. The van der Waals surface area contributed by atoms with Crippen molar-refractivity contribution in [3.63, 3.8) is 0 Å². The molecule has 6 nitrogen and oxygen atoms in total. The van der Waals surface area contributed by atoms with E-state index in [1.54, 1.807) is 0 Å². The Balaban J connectivity index is 1.81. The fourth-order valence-corrected chi connectivity index (χ4v) is 4.19. The Hall–Kier alpha value is -1.13. The first-order valence-electron chi connectivity index (χ1n) is 7.29. The highest BCUT2D eigenvalue weighted by Gasteiger charge is 2.43. The van der Waals surface area contributed by atoms with Crippen molar-refractivity contribution in [2.24, 2.45) is 0 Å². The Labute approximate surface area is 133 Å². The maximum atomic E-state index is 13.7. The van der Waals surface area contributed by atoms with Crippen molar-refractivity contribution < 1.29 is 26.7 Å². The number of halogens is 2. The summed E-state index contributed by atoms with van der Waals surface area (Å²) in [5.74, 6) is -2.24. The summed E-state index contributed by atoms with van der Waals surface area (Å²) in [7, 11) is -4.31. The lowest BCUT2D eigenvalue weighted by Gasteiger charge is -2.49. The number of fused-ring (bicyclic) bond motifs is 1. The van der Waals surface area contributed by atoms with Gasteiger partial charge in [0.05, 0.1) is 32.0 Å². The van der Waals surface area contributed by atoms with Crippen LogP contribution in [-0.4, -0.2) is 64.9 Å². The molecule has 2 saturated heterocycles. The highest BCUT2D eigenvalue weighted by Crippen LogP contribution is 2.25. The van der Waals surface area contributed by atoms with Crippen molar-refractivity contribution in [2.45, 2.75) is 10.4 Å². The van der Waals surface area contributed by atoms with Gasteiger partial charge >= 0.3 is 0 Å². The van der Waals surface area contributed by atoms with E-state index < -0.39 is 32.1 Å². The highest BCUT2D eigenvalue weighted by atomic mass is 32.2. The minimum absolute atomic E-state index is 0.0386. The molecule has 23 heavy (non-hydrogen) atoms. The largest absolute Gasteiger partial charge is 0.378 e. The van der Waals surface area contributed by atoms with E-state index >= 15 is 0 Å². The third kappa shape index (κ3) is 3.24. The molecule has 2 heterocycles. The second-order valence-corrected chi connectivity index (χ2v) is 7.40. The molecule has 2 aliphatic heterocycles. The van der Waals surface area contributed by atoms with Gasteiger partial charge in [0, 0.05) is 19.6 Å². The van der Waals surface area contributed by atoms with E-state index in [-0.39, 0.29) is 6.54 Å². The first kappa shape index (κ1) is 16.7. The van der Waals surface area contributed by atoms with Crippen LogP contribution in [-0.2, 0) is 19.5 Å². The molecule has 0 saturated carbocycles. The molecule has 1 aromatic rings. The molecule has 128 valence electrons. The number of hydrogen-bond acceptors (Lipinski definition) is 5. The molecule has 0 aliphatic carbocycles. The molecule has 0 radical (unpaired) electrons. The zero-order valence-corrected chi connectivity index (χ0v) is 13.2. The van der Waals surface area contributed by atoms with Gasteiger partial charge in [-0.1, -0.05) is 6.07 Å². The maximum Gasteiger partial charge on any atom is 0.246 e.